The smallest absolute Gasteiger partial charge is 0.312 e. The highest BCUT2D eigenvalue weighted by Gasteiger charge is 2.21. The average molecular weight is 404 g/mol. The van der Waals surface area contributed by atoms with E-state index in [4.69, 9.17) is 5.73 Å². The minimum Gasteiger partial charge on any atom is -0.361 e. The molecule has 3 amide bonds. The molecule has 30 heavy (non-hydrogen) atoms. The summed E-state index contributed by atoms with van der Waals surface area (Å²) < 4.78 is 2.02. The molecule has 4 rings (SSSR count). The minimum absolute atomic E-state index is 0.280. The number of fused-ring (bicyclic) bond motifs is 2. The number of carbonyl (C=O) groups excluding carboxylic acids is 2. The van der Waals surface area contributed by atoms with Crippen molar-refractivity contribution in [1.29, 1.82) is 0 Å². The Morgan fingerprint density at radius 1 is 1.17 bits per heavy atom. The Balaban J connectivity index is 1.43. The summed E-state index contributed by atoms with van der Waals surface area (Å²) in [7, 11) is 1.96. The van der Waals surface area contributed by atoms with Crippen molar-refractivity contribution in [1.82, 2.24) is 25.2 Å². The van der Waals surface area contributed by atoms with Crippen molar-refractivity contribution in [2.45, 2.75) is 18.9 Å². The number of nitrogens with two attached hydrogens (primary N) is 1. The molecule has 1 atom stereocenters. The summed E-state index contributed by atoms with van der Waals surface area (Å²) in [6.45, 7) is 0.404. The third-order valence-electron chi connectivity index (χ3n) is 5.26. The number of nitrogens with one attached hydrogen (secondary N) is 3. The zero-order chi connectivity index (χ0) is 21.1. The number of nitrogens with zero attached hydrogens (tertiary/aromatic N) is 2. The number of carbonyl (C=O) groups is 2. The van der Waals surface area contributed by atoms with Crippen LogP contribution in [0.1, 0.15) is 11.4 Å². The molecular weight excluding hydrogens is 380 g/mol. The standard InChI is InChI=1S/C22H24N6O2/c1-28-19-9-5-4-8-17(19)26-20(28)10-11-24-21(29)18(27-22(23)30)12-14-13-25-16-7-3-2-6-15(14)16/h2-9,13,18,25H,10-12H2,1H3,(H,24,29)(H3,23,27,30). The number of aryl methyl sites for hydroxylation is 1. The van der Waals surface area contributed by atoms with Crippen molar-refractivity contribution in [3.05, 3.63) is 66.1 Å². The number of rotatable bonds is 7. The van der Waals surface area contributed by atoms with Crippen LogP contribution in [0.4, 0.5) is 4.79 Å². The van der Waals surface area contributed by atoms with E-state index in [2.05, 4.69) is 20.6 Å². The third kappa shape index (κ3) is 3.98. The lowest BCUT2D eigenvalue weighted by molar-refractivity contribution is -0.122. The molecule has 8 heteroatoms. The number of primary amides is 1. The second-order valence-electron chi connectivity index (χ2n) is 7.24. The first-order chi connectivity index (χ1) is 14.5. The molecule has 0 aliphatic carbocycles. The number of para-hydroxylation sites is 3. The Bertz CT molecular complexity index is 1210. The number of aromatic nitrogens is 3. The Labute approximate surface area is 173 Å². The summed E-state index contributed by atoms with van der Waals surface area (Å²) in [6, 6.07) is 14.2. The molecule has 2 aromatic carbocycles. The molecular formula is C22H24N6O2. The predicted octanol–water partition coefficient (Wildman–Crippen LogP) is 1.99. The molecule has 0 saturated heterocycles. The van der Waals surface area contributed by atoms with E-state index in [0.29, 0.717) is 19.4 Å². The predicted molar refractivity (Wildman–Crippen MR) is 116 cm³/mol. The number of benzene rings is 2. The molecule has 0 aliphatic rings. The topological polar surface area (TPSA) is 118 Å². The molecule has 1 unspecified atom stereocenters. The van der Waals surface area contributed by atoms with Crippen molar-refractivity contribution < 1.29 is 9.59 Å². The van der Waals surface area contributed by atoms with E-state index in [1.165, 1.54) is 0 Å². The van der Waals surface area contributed by atoms with Gasteiger partial charge in [0, 0.05) is 43.5 Å². The Morgan fingerprint density at radius 3 is 2.73 bits per heavy atom. The summed E-state index contributed by atoms with van der Waals surface area (Å²) in [5.41, 5.74) is 9.20. The number of hydrogen-bond acceptors (Lipinski definition) is 3. The average Bonchev–Trinajstić information content (AvgIpc) is 3.29. The van der Waals surface area contributed by atoms with Crippen molar-refractivity contribution in [3.8, 4) is 0 Å². The number of imidazole rings is 1. The van der Waals surface area contributed by atoms with Gasteiger partial charge >= 0.3 is 6.03 Å². The van der Waals surface area contributed by atoms with Gasteiger partial charge in [-0.1, -0.05) is 30.3 Å². The maximum Gasteiger partial charge on any atom is 0.312 e. The van der Waals surface area contributed by atoms with E-state index in [0.717, 1.165) is 33.3 Å². The lowest BCUT2D eigenvalue weighted by atomic mass is 10.0. The molecule has 0 radical (unpaired) electrons. The van der Waals surface area contributed by atoms with Gasteiger partial charge in [0.15, 0.2) is 0 Å². The molecule has 5 N–H and O–H groups in total. The Kier molecular flexibility index (Phi) is 5.38. The van der Waals surface area contributed by atoms with Crippen LogP contribution in [0.25, 0.3) is 21.9 Å². The van der Waals surface area contributed by atoms with E-state index in [1.807, 2.05) is 66.3 Å². The van der Waals surface area contributed by atoms with Crippen molar-refractivity contribution >= 4 is 33.9 Å². The fraction of sp³-hybridized carbons (Fsp3) is 0.227. The van der Waals surface area contributed by atoms with Crippen molar-refractivity contribution in [2.75, 3.05) is 6.54 Å². The summed E-state index contributed by atoms with van der Waals surface area (Å²) >= 11 is 0. The van der Waals surface area contributed by atoms with Gasteiger partial charge in [0.1, 0.15) is 11.9 Å². The van der Waals surface area contributed by atoms with Crippen molar-refractivity contribution in [3.63, 3.8) is 0 Å². The maximum absolute atomic E-state index is 12.8. The summed E-state index contributed by atoms with van der Waals surface area (Å²) in [6.07, 6.45) is 2.77. The molecule has 2 heterocycles. The van der Waals surface area contributed by atoms with Crippen molar-refractivity contribution in [2.24, 2.45) is 12.8 Å². The van der Waals surface area contributed by atoms with Gasteiger partial charge in [-0.2, -0.15) is 0 Å². The molecule has 4 aromatic rings. The zero-order valence-corrected chi connectivity index (χ0v) is 16.7. The van der Waals surface area contributed by atoms with Gasteiger partial charge in [-0.05, 0) is 23.8 Å². The van der Waals surface area contributed by atoms with E-state index in [9.17, 15) is 9.59 Å². The number of hydrogen-bond donors (Lipinski definition) is 4. The summed E-state index contributed by atoms with van der Waals surface area (Å²) in [5.74, 6) is 0.602. The van der Waals surface area contributed by atoms with Crippen LogP contribution in [-0.2, 0) is 24.7 Å². The highest BCUT2D eigenvalue weighted by Crippen LogP contribution is 2.19. The second-order valence-corrected chi connectivity index (χ2v) is 7.24. The van der Waals surface area contributed by atoms with Crippen LogP contribution in [0, 0.1) is 0 Å². The minimum atomic E-state index is -0.762. The highest BCUT2D eigenvalue weighted by molar-refractivity contribution is 5.89. The third-order valence-corrected chi connectivity index (χ3v) is 5.26. The van der Waals surface area contributed by atoms with Crippen LogP contribution in [0.5, 0.6) is 0 Å². The molecule has 8 nitrogen and oxygen atoms in total. The van der Waals surface area contributed by atoms with Crippen LogP contribution in [0.3, 0.4) is 0 Å². The first-order valence-corrected chi connectivity index (χ1v) is 9.82. The van der Waals surface area contributed by atoms with Gasteiger partial charge in [0.05, 0.1) is 11.0 Å². The van der Waals surface area contributed by atoms with E-state index < -0.39 is 12.1 Å². The van der Waals surface area contributed by atoms with Gasteiger partial charge in [0.2, 0.25) is 5.91 Å². The van der Waals surface area contributed by atoms with Crippen LogP contribution < -0.4 is 16.4 Å². The molecule has 0 fully saturated rings. The number of amides is 3. The van der Waals surface area contributed by atoms with Gasteiger partial charge in [-0.15, -0.1) is 0 Å². The lowest BCUT2D eigenvalue weighted by Crippen LogP contribution is -2.50. The quantitative estimate of drug-likeness (QED) is 0.377. The van der Waals surface area contributed by atoms with E-state index in [-0.39, 0.29) is 5.91 Å². The Morgan fingerprint density at radius 2 is 1.93 bits per heavy atom. The normalized spacial score (nSPS) is 12.2. The molecule has 154 valence electrons. The fourth-order valence-electron chi connectivity index (χ4n) is 3.74. The van der Waals surface area contributed by atoms with Crippen LogP contribution in [-0.4, -0.2) is 39.1 Å². The highest BCUT2D eigenvalue weighted by atomic mass is 16.2. The largest absolute Gasteiger partial charge is 0.361 e. The Hall–Kier alpha value is -3.81. The van der Waals surface area contributed by atoms with E-state index >= 15 is 0 Å². The number of urea groups is 1. The van der Waals surface area contributed by atoms with Gasteiger partial charge < -0.3 is 25.9 Å². The lowest BCUT2D eigenvalue weighted by Gasteiger charge is -2.17. The van der Waals surface area contributed by atoms with Crippen LogP contribution >= 0.6 is 0 Å². The molecule has 0 bridgehead atoms. The zero-order valence-electron chi connectivity index (χ0n) is 16.7. The number of aromatic amines is 1. The molecule has 0 saturated carbocycles. The van der Waals surface area contributed by atoms with E-state index in [1.54, 1.807) is 0 Å². The molecule has 2 aromatic heterocycles. The van der Waals surface area contributed by atoms with Gasteiger partial charge in [0.25, 0.3) is 0 Å². The molecule has 0 aliphatic heterocycles. The number of H-pyrrole nitrogens is 1. The molecule has 0 spiro atoms. The van der Waals surface area contributed by atoms with Gasteiger partial charge in [-0.25, -0.2) is 9.78 Å². The fourth-order valence-corrected chi connectivity index (χ4v) is 3.74. The maximum atomic E-state index is 12.8. The SMILES string of the molecule is Cn1c(CCNC(=O)C(Cc2c[nH]c3ccccc23)NC(N)=O)nc2ccccc21. The summed E-state index contributed by atoms with van der Waals surface area (Å²) in [4.78, 5) is 32.0. The van der Waals surface area contributed by atoms with Crippen LogP contribution in [0.2, 0.25) is 0 Å². The first kappa shape index (κ1) is 19.5. The van der Waals surface area contributed by atoms with Crippen LogP contribution in [0.15, 0.2) is 54.7 Å². The second kappa shape index (κ2) is 8.28. The first-order valence-electron chi connectivity index (χ1n) is 9.82. The monoisotopic (exact) mass is 404 g/mol. The van der Waals surface area contributed by atoms with Gasteiger partial charge in [-0.3, -0.25) is 4.79 Å². The summed E-state index contributed by atoms with van der Waals surface area (Å²) in [5, 5.41) is 6.47.